The summed E-state index contributed by atoms with van der Waals surface area (Å²) in [5.41, 5.74) is 9.89. The number of rotatable bonds is 10. The number of cyclic esters (lactones) is 1. The fourth-order valence-electron chi connectivity index (χ4n) is 5.37. The Hall–Kier alpha value is -4.80. The van der Waals surface area contributed by atoms with Crippen molar-refractivity contribution >= 4 is 41.4 Å². The number of nitrogens with one attached hydrogen (secondary N) is 3. The maximum absolute atomic E-state index is 13.8. The predicted molar refractivity (Wildman–Crippen MR) is 198 cm³/mol. The van der Waals surface area contributed by atoms with E-state index in [2.05, 4.69) is 26.0 Å². The molecule has 1 aliphatic heterocycles. The number of azide groups is 1. The highest BCUT2D eigenvalue weighted by Crippen LogP contribution is 2.27. The quantitative estimate of drug-likeness (QED) is 0.110. The third kappa shape index (κ3) is 12.2. The van der Waals surface area contributed by atoms with Crippen molar-refractivity contribution in [3.63, 3.8) is 0 Å². The van der Waals surface area contributed by atoms with Crippen LogP contribution >= 0.6 is 11.6 Å². The molecule has 5 atom stereocenters. The van der Waals surface area contributed by atoms with E-state index >= 15 is 0 Å². The fraction of sp³-hybridized carbons (Fsp3) is 0.474. The van der Waals surface area contributed by atoms with Crippen molar-refractivity contribution < 1.29 is 28.7 Å². The Kier molecular flexibility index (Phi) is 15.1. The lowest BCUT2D eigenvalue weighted by atomic mass is 9.83. The maximum Gasteiger partial charge on any atom is 0.328 e. The van der Waals surface area contributed by atoms with E-state index < -0.39 is 53.3 Å². The number of methoxy groups -OCH3 is 1. The summed E-state index contributed by atoms with van der Waals surface area (Å²) >= 11 is 6.35. The van der Waals surface area contributed by atoms with Crippen molar-refractivity contribution in [2.75, 3.05) is 7.11 Å². The minimum atomic E-state index is -1.15. The first-order chi connectivity index (χ1) is 24.1. The van der Waals surface area contributed by atoms with Crippen LogP contribution in [0.15, 0.2) is 65.8 Å². The third-order valence-electron chi connectivity index (χ3n) is 8.99. The van der Waals surface area contributed by atoms with Crippen molar-refractivity contribution in [1.29, 1.82) is 0 Å². The SMILES string of the molecule is COc1ccc(C[C@H]2NC(=O)/C=C\C[C@@H]([C@H](C)/C=C/c3ccc(CN=[N+]=[N-])cc3)OC(=O)[C@H](CC(C)C)NC(=O)C(C)(C)C(C)NC2=O)cc1Cl. The van der Waals surface area contributed by atoms with Gasteiger partial charge in [0.05, 0.1) is 24.1 Å². The number of esters is 1. The summed E-state index contributed by atoms with van der Waals surface area (Å²) in [7, 11) is 1.50. The van der Waals surface area contributed by atoms with E-state index in [1.54, 1.807) is 45.0 Å². The summed E-state index contributed by atoms with van der Waals surface area (Å²) in [4.78, 5) is 57.2. The number of amides is 3. The molecule has 51 heavy (non-hydrogen) atoms. The van der Waals surface area contributed by atoms with Gasteiger partial charge in [-0.15, -0.1) is 0 Å². The largest absolute Gasteiger partial charge is 0.495 e. The van der Waals surface area contributed by atoms with Gasteiger partial charge in [0.15, 0.2) is 0 Å². The minimum absolute atomic E-state index is 0.0575. The van der Waals surface area contributed by atoms with Crippen LogP contribution in [0.3, 0.4) is 0 Å². The number of benzene rings is 2. The van der Waals surface area contributed by atoms with Gasteiger partial charge in [-0.2, -0.15) is 0 Å². The van der Waals surface area contributed by atoms with Crippen molar-refractivity contribution in [2.24, 2.45) is 22.4 Å². The summed E-state index contributed by atoms with van der Waals surface area (Å²) in [6.45, 7) is 11.1. The van der Waals surface area contributed by atoms with Crippen molar-refractivity contribution in [1.82, 2.24) is 16.0 Å². The van der Waals surface area contributed by atoms with Crippen LogP contribution in [0, 0.1) is 17.3 Å². The summed E-state index contributed by atoms with van der Waals surface area (Å²) in [5.74, 6) is -1.77. The second-order valence-electron chi connectivity index (χ2n) is 13.8. The maximum atomic E-state index is 13.8. The molecule has 274 valence electrons. The molecule has 0 fully saturated rings. The van der Waals surface area contributed by atoms with E-state index in [0.29, 0.717) is 22.8 Å². The van der Waals surface area contributed by atoms with Crippen LogP contribution in [0.2, 0.25) is 5.02 Å². The molecule has 0 saturated carbocycles. The highest BCUT2D eigenvalue weighted by molar-refractivity contribution is 6.32. The molecule has 3 rings (SSSR count). The van der Waals surface area contributed by atoms with Crippen LogP contribution in [-0.4, -0.2) is 55.0 Å². The lowest BCUT2D eigenvalue weighted by Crippen LogP contribution is -2.58. The van der Waals surface area contributed by atoms with Gasteiger partial charge in [-0.1, -0.05) is 86.0 Å². The lowest BCUT2D eigenvalue weighted by Gasteiger charge is -2.34. The number of carbonyl (C=O) groups excluding carboxylic acids is 4. The van der Waals surface area contributed by atoms with Crippen molar-refractivity contribution in [3.05, 3.63) is 92.8 Å². The van der Waals surface area contributed by atoms with E-state index in [1.807, 2.05) is 57.2 Å². The molecule has 0 bridgehead atoms. The first-order valence-electron chi connectivity index (χ1n) is 17.0. The average molecular weight is 721 g/mol. The second-order valence-corrected chi connectivity index (χ2v) is 14.2. The molecule has 0 aromatic heterocycles. The summed E-state index contributed by atoms with van der Waals surface area (Å²) < 4.78 is 11.3. The number of nitrogens with zero attached hydrogens (tertiary/aromatic N) is 3. The van der Waals surface area contributed by atoms with Gasteiger partial charge in [0.25, 0.3) is 0 Å². The summed E-state index contributed by atoms with van der Waals surface area (Å²) in [6.07, 6.45) is 6.71. The van der Waals surface area contributed by atoms with Gasteiger partial charge < -0.3 is 25.4 Å². The summed E-state index contributed by atoms with van der Waals surface area (Å²) in [5, 5.41) is 12.5. The first kappa shape index (κ1) is 40.6. The normalized spacial score (nSPS) is 23.0. The molecule has 3 N–H and O–H groups in total. The Morgan fingerprint density at radius 2 is 1.73 bits per heavy atom. The molecular formula is C38H49ClN6O6. The van der Waals surface area contributed by atoms with Gasteiger partial charge in [-0.25, -0.2) is 4.79 Å². The molecular weight excluding hydrogens is 672 g/mol. The zero-order valence-corrected chi connectivity index (χ0v) is 31.1. The number of ether oxygens (including phenoxy) is 2. The van der Waals surface area contributed by atoms with Crippen LogP contribution in [0.25, 0.3) is 16.5 Å². The Balaban J connectivity index is 1.96. The van der Waals surface area contributed by atoms with Crippen molar-refractivity contribution in [3.8, 4) is 5.75 Å². The van der Waals surface area contributed by atoms with Gasteiger partial charge in [-0.3, -0.25) is 14.4 Å². The Bertz CT molecular complexity index is 1650. The van der Waals surface area contributed by atoms with Crippen LogP contribution in [0.1, 0.15) is 71.1 Å². The van der Waals surface area contributed by atoms with Gasteiger partial charge in [0, 0.05) is 29.7 Å². The molecule has 0 saturated heterocycles. The molecule has 1 unspecified atom stereocenters. The number of carbonyl (C=O) groups is 4. The zero-order valence-electron chi connectivity index (χ0n) is 30.3. The van der Waals surface area contributed by atoms with Gasteiger partial charge >= 0.3 is 5.97 Å². The molecule has 12 nitrogen and oxygen atoms in total. The molecule has 0 aliphatic carbocycles. The van der Waals surface area contributed by atoms with E-state index in [0.717, 1.165) is 11.1 Å². The van der Waals surface area contributed by atoms with Crippen LogP contribution in [0.4, 0.5) is 0 Å². The van der Waals surface area contributed by atoms with Crippen LogP contribution < -0.4 is 20.7 Å². The fourth-order valence-corrected chi connectivity index (χ4v) is 5.65. The van der Waals surface area contributed by atoms with Gasteiger partial charge in [-0.05, 0) is 73.5 Å². The van der Waals surface area contributed by atoms with E-state index in [1.165, 1.54) is 13.2 Å². The topological polar surface area (TPSA) is 172 Å². The van der Waals surface area contributed by atoms with E-state index in [4.69, 9.17) is 26.6 Å². The molecule has 3 amide bonds. The second kappa shape index (κ2) is 19.0. The third-order valence-corrected chi connectivity index (χ3v) is 9.29. The molecule has 1 heterocycles. The molecule has 0 spiro atoms. The molecule has 1 aliphatic rings. The Morgan fingerprint density at radius 1 is 1.04 bits per heavy atom. The lowest BCUT2D eigenvalue weighted by molar-refractivity contribution is -0.156. The Morgan fingerprint density at radius 3 is 2.35 bits per heavy atom. The van der Waals surface area contributed by atoms with Crippen LogP contribution in [-0.2, 0) is 36.9 Å². The van der Waals surface area contributed by atoms with E-state index in [-0.39, 0.29) is 31.2 Å². The van der Waals surface area contributed by atoms with Gasteiger partial charge in [0.1, 0.15) is 23.9 Å². The first-order valence-corrected chi connectivity index (χ1v) is 17.4. The number of halogens is 1. The van der Waals surface area contributed by atoms with E-state index in [9.17, 15) is 19.2 Å². The highest BCUT2D eigenvalue weighted by Gasteiger charge is 2.39. The minimum Gasteiger partial charge on any atom is -0.495 e. The number of hydrogen-bond acceptors (Lipinski definition) is 7. The van der Waals surface area contributed by atoms with Crippen molar-refractivity contribution in [2.45, 2.75) is 91.6 Å². The predicted octanol–water partition coefficient (Wildman–Crippen LogP) is 6.47. The molecule has 13 heteroatoms. The smallest absolute Gasteiger partial charge is 0.328 e. The molecule has 0 radical (unpaired) electrons. The summed E-state index contributed by atoms with van der Waals surface area (Å²) in [6, 6.07) is 10.0. The average Bonchev–Trinajstić information content (AvgIpc) is 3.08. The Labute approximate surface area is 305 Å². The van der Waals surface area contributed by atoms with Gasteiger partial charge in [0.2, 0.25) is 17.7 Å². The standard InChI is InChI=1S/C38H49ClN6O6/c1-23(2)19-31-36(48)51-32(24(3)11-12-26-13-15-27(16-14-26)22-41-45-40)9-8-10-34(46)43-30(21-28-17-18-33(50-7)29(39)20-28)35(47)42-25(4)38(5,6)37(49)44-31/h8,10-18,20,23-25,30-32H,9,19,21-22H2,1-7H3,(H,42,47)(H,43,46)(H,44,49)/b10-8-,12-11+/t24-,25?,30-,31+,32+/m1/s1. The highest BCUT2D eigenvalue weighted by atomic mass is 35.5. The number of hydrogen-bond donors (Lipinski definition) is 3. The molecule has 2 aromatic carbocycles. The zero-order chi connectivity index (χ0) is 37.7. The monoisotopic (exact) mass is 720 g/mol. The van der Waals surface area contributed by atoms with Crippen LogP contribution in [0.5, 0.6) is 5.75 Å². The molecule has 2 aromatic rings.